The third-order valence-corrected chi connectivity index (χ3v) is 3.58. The van der Waals surface area contributed by atoms with Gasteiger partial charge in [-0.3, -0.25) is 4.79 Å². The van der Waals surface area contributed by atoms with Gasteiger partial charge in [-0.05, 0) is 29.7 Å². The number of methoxy groups -OCH3 is 1. The Morgan fingerprint density at radius 3 is 2.55 bits per heavy atom. The molecule has 0 amide bonds. The highest BCUT2D eigenvalue weighted by molar-refractivity contribution is 5.78. The number of esters is 1. The van der Waals surface area contributed by atoms with Gasteiger partial charge in [0.25, 0.3) is 0 Å². The Balaban J connectivity index is 2.02. The standard InChI is InChI=1S/C19H22O3/c1-3-8-18(16-10-5-4-6-11-16)19(20)22-14-15-9-7-12-17(13-15)21-2/h4-7,9-13,18H,3,8,14H2,1-2H3. The molecule has 2 aromatic carbocycles. The zero-order valence-electron chi connectivity index (χ0n) is 13.1. The van der Waals surface area contributed by atoms with Gasteiger partial charge in [-0.2, -0.15) is 0 Å². The fourth-order valence-corrected chi connectivity index (χ4v) is 2.41. The topological polar surface area (TPSA) is 35.5 Å². The molecule has 1 atom stereocenters. The van der Waals surface area contributed by atoms with Crippen LogP contribution in [0.25, 0.3) is 0 Å². The SMILES string of the molecule is CCCC(C(=O)OCc1cccc(OC)c1)c1ccccc1. The molecule has 0 radical (unpaired) electrons. The van der Waals surface area contributed by atoms with Gasteiger partial charge in [0, 0.05) is 0 Å². The lowest BCUT2D eigenvalue weighted by atomic mass is 9.95. The molecule has 0 saturated heterocycles. The highest BCUT2D eigenvalue weighted by Crippen LogP contribution is 2.23. The molecule has 2 rings (SSSR count). The third-order valence-electron chi connectivity index (χ3n) is 3.58. The van der Waals surface area contributed by atoms with E-state index in [9.17, 15) is 4.79 Å². The Hall–Kier alpha value is -2.29. The van der Waals surface area contributed by atoms with Gasteiger partial charge in [-0.1, -0.05) is 55.8 Å². The first-order valence-corrected chi connectivity index (χ1v) is 7.59. The molecule has 116 valence electrons. The van der Waals surface area contributed by atoms with Crippen molar-refractivity contribution in [1.82, 2.24) is 0 Å². The van der Waals surface area contributed by atoms with Crippen molar-refractivity contribution in [2.24, 2.45) is 0 Å². The minimum atomic E-state index is -0.197. The summed E-state index contributed by atoms with van der Waals surface area (Å²) in [5.74, 6) is 0.398. The van der Waals surface area contributed by atoms with Crippen LogP contribution >= 0.6 is 0 Å². The van der Waals surface area contributed by atoms with E-state index >= 15 is 0 Å². The summed E-state index contributed by atoms with van der Waals surface area (Å²) in [6, 6.07) is 17.4. The number of ether oxygens (including phenoxy) is 2. The van der Waals surface area contributed by atoms with Crippen LogP contribution < -0.4 is 4.74 Å². The number of hydrogen-bond donors (Lipinski definition) is 0. The Bertz CT molecular complexity index is 593. The van der Waals surface area contributed by atoms with Crippen molar-refractivity contribution >= 4 is 5.97 Å². The maximum Gasteiger partial charge on any atom is 0.313 e. The van der Waals surface area contributed by atoms with Crippen molar-refractivity contribution in [2.75, 3.05) is 7.11 Å². The van der Waals surface area contributed by atoms with Gasteiger partial charge in [0.15, 0.2) is 0 Å². The number of benzene rings is 2. The van der Waals surface area contributed by atoms with E-state index in [4.69, 9.17) is 9.47 Å². The number of hydrogen-bond acceptors (Lipinski definition) is 3. The molecule has 0 saturated carbocycles. The van der Waals surface area contributed by atoms with Gasteiger partial charge in [-0.15, -0.1) is 0 Å². The van der Waals surface area contributed by atoms with E-state index in [1.807, 2.05) is 54.6 Å². The number of carbonyl (C=O) groups is 1. The smallest absolute Gasteiger partial charge is 0.313 e. The van der Waals surface area contributed by atoms with Crippen LogP contribution in [-0.4, -0.2) is 13.1 Å². The van der Waals surface area contributed by atoms with Gasteiger partial charge in [0.1, 0.15) is 12.4 Å². The normalized spacial score (nSPS) is 11.7. The van der Waals surface area contributed by atoms with Gasteiger partial charge < -0.3 is 9.47 Å². The molecule has 0 spiro atoms. The van der Waals surface area contributed by atoms with Gasteiger partial charge >= 0.3 is 5.97 Å². The Morgan fingerprint density at radius 2 is 1.86 bits per heavy atom. The van der Waals surface area contributed by atoms with E-state index < -0.39 is 0 Å². The van der Waals surface area contributed by atoms with Crippen molar-refractivity contribution in [3.05, 3.63) is 65.7 Å². The molecular formula is C19H22O3. The average Bonchev–Trinajstić information content (AvgIpc) is 2.58. The Kier molecular flexibility index (Phi) is 6.01. The highest BCUT2D eigenvalue weighted by Gasteiger charge is 2.21. The van der Waals surface area contributed by atoms with E-state index in [2.05, 4.69) is 6.92 Å². The molecule has 3 heteroatoms. The number of carbonyl (C=O) groups excluding carboxylic acids is 1. The molecule has 22 heavy (non-hydrogen) atoms. The van der Waals surface area contributed by atoms with Gasteiger partial charge in [0.05, 0.1) is 13.0 Å². The predicted octanol–water partition coefficient (Wildman–Crippen LogP) is 4.32. The zero-order valence-corrected chi connectivity index (χ0v) is 13.1. The second-order valence-corrected chi connectivity index (χ2v) is 5.21. The van der Waals surface area contributed by atoms with Crippen LogP contribution in [0, 0.1) is 0 Å². The molecule has 0 fully saturated rings. The minimum absolute atomic E-state index is 0.170. The van der Waals surface area contributed by atoms with E-state index in [0.717, 1.165) is 29.7 Å². The lowest BCUT2D eigenvalue weighted by Crippen LogP contribution is -2.16. The fraction of sp³-hybridized carbons (Fsp3) is 0.316. The maximum atomic E-state index is 12.4. The summed E-state index contributed by atoms with van der Waals surface area (Å²) < 4.78 is 10.7. The van der Waals surface area contributed by atoms with Gasteiger partial charge in [0.2, 0.25) is 0 Å². The summed E-state index contributed by atoms with van der Waals surface area (Å²) in [6.45, 7) is 2.34. The van der Waals surface area contributed by atoms with Crippen molar-refractivity contribution < 1.29 is 14.3 Å². The first-order valence-electron chi connectivity index (χ1n) is 7.59. The van der Waals surface area contributed by atoms with Crippen molar-refractivity contribution in [1.29, 1.82) is 0 Å². The summed E-state index contributed by atoms with van der Waals surface area (Å²) in [5.41, 5.74) is 1.94. The predicted molar refractivity (Wildman–Crippen MR) is 86.9 cm³/mol. The third kappa shape index (κ3) is 4.35. The second-order valence-electron chi connectivity index (χ2n) is 5.21. The fourth-order valence-electron chi connectivity index (χ4n) is 2.41. The lowest BCUT2D eigenvalue weighted by Gasteiger charge is -2.16. The molecule has 2 aromatic rings. The van der Waals surface area contributed by atoms with E-state index in [1.54, 1.807) is 7.11 Å². The van der Waals surface area contributed by atoms with Crippen LogP contribution in [0.3, 0.4) is 0 Å². The lowest BCUT2D eigenvalue weighted by molar-refractivity contribution is -0.147. The van der Waals surface area contributed by atoms with E-state index in [0.29, 0.717) is 0 Å². The second kappa shape index (κ2) is 8.23. The molecule has 0 N–H and O–H groups in total. The van der Waals surface area contributed by atoms with Crippen molar-refractivity contribution in [3.63, 3.8) is 0 Å². The maximum absolute atomic E-state index is 12.4. The Labute approximate surface area is 131 Å². The molecular weight excluding hydrogens is 276 g/mol. The van der Waals surface area contributed by atoms with Crippen LogP contribution in [0.4, 0.5) is 0 Å². The van der Waals surface area contributed by atoms with Gasteiger partial charge in [-0.25, -0.2) is 0 Å². The van der Waals surface area contributed by atoms with Crippen LogP contribution in [0.2, 0.25) is 0 Å². The van der Waals surface area contributed by atoms with Crippen molar-refractivity contribution in [3.8, 4) is 5.75 Å². The molecule has 0 aliphatic heterocycles. The van der Waals surface area contributed by atoms with E-state index in [1.165, 1.54) is 0 Å². The van der Waals surface area contributed by atoms with Crippen LogP contribution in [0.1, 0.15) is 36.8 Å². The zero-order chi connectivity index (χ0) is 15.8. The molecule has 0 aromatic heterocycles. The molecule has 3 nitrogen and oxygen atoms in total. The summed E-state index contributed by atoms with van der Waals surface area (Å²) in [7, 11) is 1.62. The first-order chi connectivity index (χ1) is 10.7. The summed E-state index contributed by atoms with van der Waals surface area (Å²) in [6.07, 6.45) is 1.73. The number of rotatable bonds is 7. The molecule has 0 aliphatic carbocycles. The Morgan fingerprint density at radius 1 is 1.09 bits per heavy atom. The summed E-state index contributed by atoms with van der Waals surface area (Å²) in [4.78, 5) is 12.4. The van der Waals surface area contributed by atoms with E-state index in [-0.39, 0.29) is 18.5 Å². The minimum Gasteiger partial charge on any atom is -0.497 e. The molecule has 1 unspecified atom stereocenters. The molecule has 0 bridgehead atoms. The van der Waals surface area contributed by atoms with Crippen molar-refractivity contribution in [2.45, 2.75) is 32.3 Å². The van der Waals surface area contributed by atoms with Crippen LogP contribution in [0.5, 0.6) is 5.75 Å². The molecule has 0 aliphatic rings. The highest BCUT2D eigenvalue weighted by atomic mass is 16.5. The summed E-state index contributed by atoms with van der Waals surface area (Å²) in [5, 5.41) is 0. The largest absolute Gasteiger partial charge is 0.497 e. The first kappa shape index (κ1) is 16.1. The van der Waals surface area contributed by atoms with Crippen LogP contribution in [0.15, 0.2) is 54.6 Å². The monoisotopic (exact) mass is 298 g/mol. The quantitative estimate of drug-likeness (QED) is 0.714. The average molecular weight is 298 g/mol. The summed E-state index contributed by atoms with van der Waals surface area (Å²) >= 11 is 0. The van der Waals surface area contributed by atoms with Crippen LogP contribution in [-0.2, 0) is 16.1 Å². The molecule has 0 heterocycles.